The Morgan fingerprint density at radius 3 is 2.77 bits per heavy atom. The molecule has 1 aliphatic heterocycles. The number of rotatable bonds is 8. The molecule has 3 aromatic rings. The number of nitrogens with zero attached hydrogens (tertiary/aromatic N) is 2. The highest BCUT2D eigenvalue weighted by atomic mass is 16.5. The van der Waals surface area contributed by atoms with E-state index in [-0.39, 0.29) is 5.91 Å². The molecule has 0 atom stereocenters. The van der Waals surface area contributed by atoms with Crippen molar-refractivity contribution >= 4 is 22.5 Å². The minimum Gasteiger partial charge on any atom is -0.497 e. The number of hydrogen-bond acceptors (Lipinski definition) is 5. The third-order valence-electron chi connectivity index (χ3n) is 5.83. The molecule has 0 unspecified atom stereocenters. The molecule has 162 valence electrons. The first kappa shape index (κ1) is 21.1. The molecule has 6 heteroatoms. The summed E-state index contributed by atoms with van der Waals surface area (Å²) in [7, 11) is 1.68. The molecule has 1 aromatic heterocycles. The average molecular weight is 419 g/mol. The Hall–Kier alpha value is -3.12. The molecular formula is C25H30N4O2. The number of para-hydroxylation sites is 1. The van der Waals surface area contributed by atoms with E-state index in [1.165, 1.54) is 5.56 Å². The predicted molar refractivity (Wildman–Crippen MR) is 125 cm³/mol. The van der Waals surface area contributed by atoms with Gasteiger partial charge in [0.2, 0.25) is 5.91 Å². The van der Waals surface area contributed by atoms with Gasteiger partial charge in [0.15, 0.2) is 0 Å². The van der Waals surface area contributed by atoms with Crippen molar-refractivity contribution in [1.82, 2.24) is 15.2 Å². The zero-order chi connectivity index (χ0) is 21.5. The highest BCUT2D eigenvalue weighted by molar-refractivity contribution is 5.82. The molecule has 6 nitrogen and oxygen atoms in total. The molecule has 0 bridgehead atoms. The Morgan fingerprint density at radius 1 is 1.13 bits per heavy atom. The zero-order valence-corrected chi connectivity index (χ0v) is 18.0. The van der Waals surface area contributed by atoms with Crippen molar-refractivity contribution < 1.29 is 9.53 Å². The molecule has 2 aromatic carbocycles. The van der Waals surface area contributed by atoms with E-state index in [9.17, 15) is 4.79 Å². The minimum atomic E-state index is 0.0902. The molecule has 1 aliphatic rings. The molecule has 0 saturated carbocycles. The van der Waals surface area contributed by atoms with Gasteiger partial charge in [0.25, 0.3) is 0 Å². The van der Waals surface area contributed by atoms with E-state index in [0.717, 1.165) is 54.7 Å². The molecule has 1 fully saturated rings. The summed E-state index contributed by atoms with van der Waals surface area (Å²) in [5, 5.41) is 7.79. The van der Waals surface area contributed by atoms with Crippen LogP contribution in [-0.2, 0) is 11.2 Å². The maximum absolute atomic E-state index is 12.4. The Bertz CT molecular complexity index is 1010. The summed E-state index contributed by atoms with van der Waals surface area (Å²) in [6, 6.07) is 18.7. The topological polar surface area (TPSA) is 66.5 Å². The third-order valence-corrected chi connectivity index (χ3v) is 5.83. The van der Waals surface area contributed by atoms with Crippen molar-refractivity contribution in [3.63, 3.8) is 0 Å². The van der Waals surface area contributed by atoms with E-state index in [0.29, 0.717) is 19.1 Å². The first-order chi connectivity index (χ1) is 15.2. The average Bonchev–Trinajstić information content (AvgIpc) is 2.81. The second-order valence-electron chi connectivity index (χ2n) is 8.02. The fourth-order valence-corrected chi connectivity index (χ4v) is 4.15. The van der Waals surface area contributed by atoms with Gasteiger partial charge in [-0.3, -0.25) is 14.7 Å². The van der Waals surface area contributed by atoms with Crippen LogP contribution in [0.5, 0.6) is 5.75 Å². The number of carbonyl (C=O) groups is 1. The molecule has 2 heterocycles. The van der Waals surface area contributed by atoms with Gasteiger partial charge >= 0.3 is 0 Å². The first-order valence-corrected chi connectivity index (χ1v) is 10.9. The van der Waals surface area contributed by atoms with Crippen LogP contribution in [0, 0.1) is 0 Å². The molecule has 0 aliphatic carbocycles. The number of nitrogens with one attached hydrogen (secondary N) is 2. The first-order valence-electron chi connectivity index (χ1n) is 10.9. The summed E-state index contributed by atoms with van der Waals surface area (Å²) in [4.78, 5) is 19.1. The number of anilines is 1. The highest BCUT2D eigenvalue weighted by Crippen LogP contribution is 2.21. The Kier molecular flexibility index (Phi) is 6.99. The van der Waals surface area contributed by atoms with E-state index < -0.39 is 0 Å². The lowest BCUT2D eigenvalue weighted by atomic mass is 10.0. The van der Waals surface area contributed by atoms with Crippen LogP contribution < -0.4 is 15.4 Å². The van der Waals surface area contributed by atoms with Gasteiger partial charge in [-0.1, -0.05) is 30.3 Å². The molecule has 2 N–H and O–H groups in total. The SMILES string of the molecule is COc1cccc(NC2CCN(CC(=O)NCCc3cccc4cccnc34)CC2)c1. The van der Waals surface area contributed by atoms with E-state index >= 15 is 0 Å². The number of pyridine rings is 1. The van der Waals surface area contributed by atoms with Gasteiger partial charge in [-0.2, -0.15) is 0 Å². The van der Waals surface area contributed by atoms with Gasteiger partial charge in [0.05, 0.1) is 19.2 Å². The molecular weight excluding hydrogens is 388 g/mol. The fourth-order valence-electron chi connectivity index (χ4n) is 4.15. The number of aromatic nitrogens is 1. The predicted octanol–water partition coefficient (Wildman–Crippen LogP) is 3.48. The second kappa shape index (κ2) is 10.3. The number of hydrogen-bond donors (Lipinski definition) is 2. The lowest BCUT2D eigenvalue weighted by molar-refractivity contribution is -0.122. The number of methoxy groups -OCH3 is 1. The molecule has 4 rings (SSSR count). The Morgan fingerprint density at radius 2 is 1.94 bits per heavy atom. The third kappa shape index (κ3) is 5.73. The van der Waals surface area contributed by atoms with Crippen molar-refractivity contribution in [2.45, 2.75) is 25.3 Å². The Labute approximate surface area is 183 Å². The summed E-state index contributed by atoms with van der Waals surface area (Å²) in [5.41, 5.74) is 3.27. The summed E-state index contributed by atoms with van der Waals surface area (Å²) in [6.45, 7) is 2.92. The normalized spacial score (nSPS) is 15.0. The van der Waals surface area contributed by atoms with Gasteiger partial charge in [0.1, 0.15) is 5.75 Å². The maximum atomic E-state index is 12.4. The van der Waals surface area contributed by atoms with Crippen molar-refractivity contribution in [3.8, 4) is 5.75 Å². The van der Waals surface area contributed by atoms with Gasteiger partial charge in [0, 0.05) is 49.0 Å². The largest absolute Gasteiger partial charge is 0.497 e. The molecule has 1 saturated heterocycles. The Balaban J connectivity index is 1.19. The number of fused-ring (bicyclic) bond motifs is 1. The van der Waals surface area contributed by atoms with E-state index in [4.69, 9.17) is 4.74 Å². The fraction of sp³-hybridized carbons (Fsp3) is 0.360. The van der Waals surface area contributed by atoms with Crippen molar-refractivity contribution in [2.24, 2.45) is 0 Å². The minimum absolute atomic E-state index is 0.0902. The summed E-state index contributed by atoms with van der Waals surface area (Å²) in [6.07, 6.45) is 4.64. The van der Waals surface area contributed by atoms with E-state index in [1.54, 1.807) is 7.11 Å². The zero-order valence-electron chi connectivity index (χ0n) is 18.0. The van der Waals surface area contributed by atoms with Gasteiger partial charge in [-0.05, 0) is 43.0 Å². The molecule has 0 radical (unpaired) electrons. The molecule has 0 spiro atoms. The van der Waals surface area contributed by atoms with E-state index in [2.05, 4.69) is 44.8 Å². The van der Waals surface area contributed by atoms with Crippen molar-refractivity contribution in [3.05, 3.63) is 66.4 Å². The number of benzene rings is 2. The highest BCUT2D eigenvalue weighted by Gasteiger charge is 2.20. The molecule has 1 amide bonds. The smallest absolute Gasteiger partial charge is 0.234 e. The van der Waals surface area contributed by atoms with Crippen molar-refractivity contribution in [2.75, 3.05) is 38.6 Å². The number of piperidine rings is 1. The lowest BCUT2D eigenvalue weighted by Crippen LogP contribution is -2.44. The van der Waals surface area contributed by atoms with Crippen LogP contribution in [0.2, 0.25) is 0 Å². The van der Waals surface area contributed by atoms with Crippen molar-refractivity contribution in [1.29, 1.82) is 0 Å². The number of carbonyl (C=O) groups excluding carboxylic acids is 1. The lowest BCUT2D eigenvalue weighted by Gasteiger charge is -2.32. The van der Waals surface area contributed by atoms with Gasteiger partial charge in [-0.25, -0.2) is 0 Å². The van der Waals surface area contributed by atoms with Crippen LogP contribution >= 0.6 is 0 Å². The quantitative estimate of drug-likeness (QED) is 0.586. The van der Waals surface area contributed by atoms with Crippen LogP contribution in [-0.4, -0.2) is 55.1 Å². The van der Waals surface area contributed by atoms with Gasteiger partial charge < -0.3 is 15.4 Å². The summed E-state index contributed by atoms with van der Waals surface area (Å²) < 4.78 is 5.29. The second-order valence-corrected chi connectivity index (χ2v) is 8.02. The summed E-state index contributed by atoms with van der Waals surface area (Å²) in [5.74, 6) is 0.950. The number of amides is 1. The van der Waals surface area contributed by atoms with Crippen LogP contribution in [0.15, 0.2) is 60.8 Å². The monoisotopic (exact) mass is 418 g/mol. The standard InChI is InChI=1S/C25H30N4O2/c1-31-23-9-3-8-22(17-23)28-21-11-15-29(16-12-21)18-24(30)26-14-10-20-6-2-5-19-7-4-13-27-25(19)20/h2-9,13,17,21,28H,10-12,14-16,18H2,1H3,(H,26,30). The summed E-state index contributed by atoms with van der Waals surface area (Å²) >= 11 is 0. The van der Waals surface area contributed by atoms with Crippen LogP contribution in [0.3, 0.4) is 0 Å². The number of likely N-dealkylation sites (tertiary alicyclic amines) is 1. The van der Waals surface area contributed by atoms with Crippen LogP contribution in [0.4, 0.5) is 5.69 Å². The van der Waals surface area contributed by atoms with Crippen LogP contribution in [0.25, 0.3) is 10.9 Å². The van der Waals surface area contributed by atoms with E-state index in [1.807, 2.05) is 36.5 Å². The van der Waals surface area contributed by atoms with Crippen LogP contribution in [0.1, 0.15) is 18.4 Å². The maximum Gasteiger partial charge on any atom is 0.234 e. The number of ether oxygens (including phenoxy) is 1. The molecule has 31 heavy (non-hydrogen) atoms. The van der Waals surface area contributed by atoms with Gasteiger partial charge in [-0.15, -0.1) is 0 Å².